The summed E-state index contributed by atoms with van der Waals surface area (Å²) in [5.74, 6) is 0.742. The lowest BCUT2D eigenvalue weighted by atomic mass is 10.1. The Morgan fingerprint density at radius 3 is 2.74 bits per heavy atom. The number of hydrogen-bond acceptors (Lipinski definition) is 5. The Bertz CT molecular complexity index is 561. The molecule has 0 aliphatic rings. The number of methoxy groups -OCH3 is 1. The summed E-state index contributed by atoms with van der Waals surface area (Å²) in [7, 11) is 1.65. The van der Waals surface area contributed by atoms with Gasteiger partial charge in [0, 0.05) is 6.54 Å². The van der Waals surface area contributed by atoms with Crippen LogP contribution in [0.5, 0.6) is 5.75 Å². The molecule has 1 unspecified atom stereocenters. The van der Waals surface area contributed by atoms with Gasteiger partial charge in [-0.25, -0.2) is 4.98 Å². The average Bonchev–Trinajstić information content (AvgIpc) is 2.92. The van der Waals surface area contributed by atoms with Crippen LogP contribution in [0, 0.1) is 13.8 Å². The van der Waals surface area contributed by atoms with Crippen molar-refractivity contribution in [1.29, 1.82) is 0 Å². The Labute approximate surface area is 117 Å². The summed E-state index contributed by atoms with van der Waals surface area (Å²) in [4.78, 5) is 5.52. The van der Waals surface area contributed by atoms with Crippen molar-refractivity contribution in [1.82, 2.24) is 14.8 Å². The lowest BCUT2D eigenvalue weighted by molar-refractivity contribution is 0.404. The van der Waals surface area contributed by atoms with E-state index < -0.39 is 0 Å². The maximum Gasteiger partial charge on any atom is 0.161 e. The molecule has 0 aromatic carbocycles. The number of aryl methyl sites for hydroxylation is 3. The third-order valence-electron chi connectivity index (χ3n) is 3.02. The van der Waals surface area contributed by atoms with Crippen molar-refractivity contribution in [3.05, 3.63) is 27.5 Å². The number of ether oxygens (including phenoxy) is 1. The first-order chi connectivity index (χ1) is 9.08. The molecule has 6 heteroatoms. The van der Waals surface area contributed by atoms with Gasteiger partial charge in [0.2, 0.25) is 0 Å². The minimum absolute atomic E-state index is 0.241. The maximum absolute atomic E-state index is 6.41. The van der Waals surface area contributed by atoms with Gasteiger partial charge >= 0.3 is 0 Å². The zero-order valence-electron chi connectivity index (χ0n) is 11.8. The van der Waals surface area contributed by atoms with Crippen LogP contribution >= 0.6 is 11.3 Å². The predicted octanol–water partition coefficient (Wildman–Crippen LogP) is 2.42. The van der Waals surface area contributed by atoms with Crippen LogP contribution in [0.1, 0.15) is 40.7 Å². The highest BCUT2D eigenvalue weighted by atomic mass is 32.1. The van der Waals surface area contributed by atoms with E-state index in [0.717, 1.165) is 40.0 Å². The molecule has 2 rings (SSSR count). The quantitative estimate of drug-likeness (QED) is 0.913. The molecule has 1 atom stereocenters. The van der Waals surface area contributed by atoms with E-state index in [1.165, 1.54) is 0 Å². The van der Waals surface area contributed by atoms with E-state index in [1.807, 2.05) is 18.5 Å². The van der Waals surface area contributed by atoms with Crippen LogP contribution in [0.25, 0.3) is 0 Å². The van der Waals surface area contributed by atoms with Crippen LogP contribution in [0.15, 0.2) is 6.20 Å². The van der Waals surface area contributed by atoms with Gasteiger partial charge in [-0.05, 0) is 20.3 Å². The van der Waals surface area contributed by atoms with Crippen LogP contribution in [-0.2, 0) is 6.54 Å². The van der Waals surface area contributed by atoms with Gasteiger partial charge in [-0.3, -0.25) is 4.68 Å². The highest BCUT2D eigenvalue weighted by molar-refractivity contribution is 7.11. The summed E-state index contributed by atoms with van der Waals surface area (Å²) >= 11 is 1.63. The van der Waals surface area contributed by atoms with Crippen LogP contribution in [0.4, 0.5) is 0 Å². The molecule has 0 spiro atoms. The van der Waals surface area contributed by atoms with Crippen LogP contribution in [0.3, 0.4) is 0 Å². The second-order valence-electron chi connectivity index (χ2n) is 4.48. The monoisotopic (exact) mass is 280 g/mol. The topological polar surface area (TPSA) is 66.0 Å². The summed E-state index contributed by atoms with van der Waals surface area (Å²) < 4.78 is 7.31. The number of hydrogen-bond donors (Lipinski definition) is 1. The molecule has 0 fully saturated rings. The summed E-state index contributed by atoms with van der Waals surface area (Å²) in [6, 6.07) is -0.241. The van der Waals surface area contributed by atoms with Crippen molar-refractivity contribution in [2.24, 2.45) is 5.73 Å². The van der Waals surface area contributed by atoms with Crippen molar-refractivity contribution < 1.29 is 4.74 Å². The molecule has 104 valence electrons. The van der Waals surface area contributed by atoms with E-state index in [-0.39, 0.29) is 6.04 Å². The van der Waals surface area contributed by atoms with E-state index in [0.29, 0.717) is 0 Å². The number of aromatic nitrogens is 3. The third kappa shape index (κ3) is 2.64. The summed E-state index contributed by atoms with van der Waals surface area (Å²) in [5.41, 5.74) is 8.33. The van der Waals surface area contributed by atoms with E-state index in [9.17, 15) is 0 Å². The smallest absolute Gasteiger partial charge is 0.161 e. The molecule has 0 amide bonds. The van der Waals surface area contributed by atoms with Gasteiger partial charge in [0.25, 0.3) is 0 Å². The first-order valence-corrected chi connectivity index (χ1v) is 7.19. The standard InChI is InChI=1S/C13H20N4OS/c1-5-6-17-12(10(18-4)7-15-17)11(14)13-8(2)16-9(3)19-13/h7,11H,5-6,14H2,1-4H3. The predicted molar refractivity (Wildman–Crippen MR) is 76.7 cm³/mol. The molecule has 2 N–H and O–H groups in total. The summed E-state index contributed by atoms with van der Waals surface area (Å²) in [6.45, 7) is 6.94. The molecule has 0 radical (unpaired) electrons. The molecule has 2 heterocycles. The second kappa shape index (κ2) is 5.71. The van der Waals surface area contributed by atoms with Crippen LogP contribution < -0.4 is 10.5 Å². The zero-order chi connectivity index (χ0) is 14.0. The van der Waals surface area contributed by atoms with E-state index in [4.69, 9.17) is 10.5 Å². The van der Waals surface area contributed by atoms with Gasteiger partial charge in [-0.15, -0.1) is 11.3 Å². The van der Waals surface area contributed by atoms with Gasteiger partial charge in [-0.2, -0.15) is 5.10 Å². The van der Waals surface area contributed by atoms with Crippen molar-refractivity contribution in [2.75, 3.05) is 7.11 Å². The fourth-order valence-corrected chi connectivity index (χ4v) is 3.13. The molecule has 2 aromatic heterocycles. The third-order valence-corrected chi connectivity index (χ3v) is 4.17. The first kappa shape index (κ1) is 14.0. The minimum atomic E-state index is -0.241. The van der Waals surface area contributed by atoms with Crippen LogP contribution in [0.2, 0.25) is 0 Å². The van der Waals surface area contributed by atoms with Crippen molar-refractivity contribution in [3.8, 4) is 5.75 Å². The summed E-state index contributed by atoms with van der Waals surface area (Å²) in [6.07, 6.45) is 2.74. The minimum Gasteiger partial charge on any atom is -0.493 e. The van der Waals surface area contributed by atoms with E-state index in [2.05, 4.69) is 17.0 Å². The van der Waals surface area contributed by atoms with Crippen molar-refractivity contribution in [3.63, 3.8) is 0 Å². The SMILES string of the molecule is CCCn1ncc(OC)c1C(N)c1sc(C)nc1C. The normalized spacial score (nSPS) is 12.7. The van der Waals surface area contributed by atoms with Gasteiger partial charge in [-0.1, -0.05) is 6.92 Å². The fourth-order valence-electron chi connectivity index (χ4n) is 2.20. The second-order valence-corrected chi connectivity index (χ2v) is 5.72. The number of rotatable bonds is 5. The molecular formula is C13H20N4OS. The van der Waals surface area contributed by atoms with Gasteiger partial charge in [0.1, 0.15) is 5.69 Å². The lowest BCUT2D eigenvalue weighted by Gasteiger charge is -2.14. The van der Waals surface area contributed by atoms with Gasteiger partial charge in [0.05, 0.1) is 34.9 Å². The largest absolute Gasteiger partial charge is 0.493 e. The average molecular weight is 280 g/mol. The number of nitrogens with zero attached hydrogens (tertiary/aromatic N) is 3. The maximum atomic E-state index is 6.41. The Morgan fingerprint density at radius 1 is 1.47 bits per heavy atom. The Kier molecular flexibility index (Phi) is 4.21. The lowest BCUT2D eigenvalue weighted by Crippen LogP contribution is -2.18. The number of nitrogens with two attached hydrogens (primary N) is 1. The Balaban J connectivity index is 2.44. The molecule has 5 nitrogen and oxygen atoms in total. The Hall–Kier alpha value is -1.40. The molecule has 19 heavy (non-hydrogen) atoms. The van der Waals surface area contributed by atoms with Crippen LogP contribution in [-0.4, -0.2) is 21.9 Å². The molecule has 0 bridgehead atoms. The molecule has 0 saturated carbocycles. The molecule has 0 saturated heterocycles. The molecule has 2 aromatic rings. The highest BCUT2D eigenvalue weighted by Crippen LogP contribution is 2.33. The molecule has 0 aliphatic heterocycles. The van der Waals surface area contributed by atoms with E-state index in [1.54, 1.807) is 24.6 Å². The van der Waals surface area contributed by atoms with Gasteiger partial charge < -0.3 is 10.5 Å². The first-order valence-electron chi connectivity index (χ1n) is 6.37. The van der Waals surface area contributed by atoms with Crippen molar-refractivity contribution >= 4 is 11.3 Å². The van der Waals surface area contributed by atoms with Gasteiger partial charge in [0.15, 0.2) is 5.75 Å². The molecular weight excluding hydrogens is 260 g/mol. The van der Waals surface area contributed by atoms with Crippen molar-refractivity contribution in [2.45, 2.75) is 39.8 Å². The Morgan fingerprint density at radius 2 is 2.21 bits per heavy atom. The summed E-state index contributed by atoms with van der Waals surface area (Å²) in [5, 5.41) is 5.39. The van der Waals surface area contributed by atoms with E-state index >= 15 is 0 Å². The highest BCUT2D eigenvalue weighted by Gasteiger charge is 2.23. The zero-order valence-corrected chi connectivity index (χ0v) is 12.6. The number of thiazole rings is 1. The fraction of sp³-hybridized carbons (Fsp3) is 0.538. The molecule has 0 aliphatic carbocycles.